The van der Waals surface area contributed by atoms with E-state index in [1.54, 1.807) is 12.1 Å². The average Bonchev–Trinajstić information content (AvgIpc) is 2.48. The van der Waals surface area contributed by atoms with Gasteiger partial charge in [0.2, 0.25) is 0 Å². The summed E-state index contributed by atoms with van der Waals surface area (Å²) in [4.78, 5) is 14.0. The molecule has 1 amide bonds. The molecule has 24 heavy (non-hydrogen) atoms. The Morgan fingerprint density at radius 2 is 1.92 bits per heavy atom. The quantitative estimate of drug-likeness (QED) is 0.870. The van der Waals surface area contributed by atoms with E-state index in [0.717, 1.165) is 31.5 Å². The maximum atomic E-state index is 11.8. The summed E-state index contributed by atoms with van der Waals surface area (Å²) in [6.07, 6.45) is 0.818. The van der Waals surface area contributed by atoms with Crippen molar-refractivity contribution in [2.24, 2.45) is 0 Å². The second kappa shape index (κ2) is 8.19. The van der Waals surface area contributed by atoms with Gasteiger partial charge in [-0.1, -0.05) is 23.7 Å². The topological polar surface area (TPSA) is 61.8 Å². The first-order valence-corrected chi connectivity index (χ1v) is 8.76. The Morgan fingerprint density at radius 3 is 2.46 bits per heavy atom. The second-order valence-electron chi connectivity index (χ2n) is 7.29. The number of ether oxygens (including phenoxy) is 1. The number of hydrogen-bond donors (Lipinski definition) is 2. The van der Waals surface area contributed by atoms with Gasteiger partial charge < -0.3 is 20.1 Å². The van der Waals surface area contributed by atoms with Crippen molar-refractivity contribution in [3.8, 4) is 0 Å². The van der Waals surface area contributed by atoms with Gasteiger partial charge in [-0.15, -0.1) is 0 Å². The number of piperidine rings is 1. The highest BCUT2D eigenvalue weighted by Crippen LogP contribution is 2.20. The van der Waals surface area contributed by atoms with Crippen molar-refractivity contribution in [2.45, 2.75) is 51.4 Å². The minimum absolute atomic E-state index is 0.128. The van der Waals surface area contributed by atoms with Crippen LogP contribution in [0.2, 0.25) is 5.02 Å². The molecule has 1 aliphatic heterocycles. The highest BCUT2D eigenvalue weighted by atomic mass is 35.5. The Morgan fingerprint density at radius 1 is 1.33 bits per heavy atom. The average molecular weight is 355 g/mol. The first-order valence-electron chi connectivity index (χ1n) is 8.38. The molecule has 1 aliphatic rings. The third-order valence-corrected chi connectivity index (χ3v) is 4.25. The number of carbonyl (C=O) groups excluding carboxylic acids is 1. The standard InChI is InChI=1S/C18H27ClN2O3/c1-18(2,3)24-17(23)20-15-8-10-21(11-9-15)12-16(22)13-4-6-14(19)7-5-13/h4-7,15-16,22H,8-12H2,1-3H3,(H,20,23)/t16-/m1/s1. The van der Waals surface area contributed by atoms with Crippen LogP contribution in [0.4, 0.5) is 4.79 Å². The molecule has 0 unspecified atom stereocenters. The number of nitrogens with one attached hydrogen (secondary N) is 1. The number of aliphatic hydroxyl groups excluding tert-OH is 1. The van der Waals surface area contributed by atoms with Gasteiger partial charge in [0.15, 0.2) is 0 Å². The van der Waals surface area contributed by atoms with Crippen molar-refractivity contribution in [3.63, 3.8) is 0 Å². The predicted octanol–water partition coefficient (Wildman–Crippen LogP) is 3.36. The van der Waals surface area contributed by atoms with Crippen LogP contribution in [0, 0.1) is 0 Å². The number of carbonyl (C=O) groups is 1. The summed E-state index contributed by atoms with van der Waals surface area (Å²) in [6.45, 7) is 7.82. The van der Waals surface area contributed by atoms with Gasteiger partial charge in [-0.2, -0.15) is 0 Å². The summed E-state index contributed by atoms with van der Waals surface area (Å²) >= 11 is 5.87. The molecule has 1 aromatic rings. The molecule has 1 atom stereocenters. The number of hydrogen-bond acceptors (Lipinski definition) is 4. The van der Waals surface area contributed by atoms with Gasteiger partial charge in [0.05, 0.1) is 6.10 Å². The van der Waals surface area contributed by atoms with Gasteiger partial charge in [0, 0.05) is 30.7 Å². The van der Waals surface area contributed by atoms with Gasteiger partial charge in [0.25, 0.3) is 0 Å². The first-order chi connectivity index (χ1) is 11.2. The van der Waals surface area contributed by atoms with Gasteiger partial charge in [-0.25, -0.2) is 4.79 Å². The van der Waals surface area contributed by atoms with E-state index in [9.17, 15) is 9.90 Å². The number of nitrogens with zero attached hydrogens (tertiary/aromatic N) is 1. The number of benzene rings is 1. The summed E-state index contributed by atoms with van der Waals surface area (Å²) < 4.78 is 5.28. The Bertz CT molecular complexity index is 534. The molecule has 0 aromatic heterocycles. The number of β-amino-alcohol motifs (C(OH)–C–C–N with tert-alkyl or cyclic N) is 1. The van der Waals surface area contributed by atoms with Gasteiger partial charge in [-0.3, -0.25) is 0 Å². The molecule has 0 saturated carbocycles. The lowest BCUT2D eigenvalue weighted by Crippen LogP contribution is -2.46. The van der Waals surface area contributed by atoms with Crippen LogP contribution in [0.1, 0.15) is 45.3 Å². The molecule has 0 spiro atoms. The molecule has 5 nitrogen and oxygen atoms in total. The molecule has 134 valence electrons. The molecule has 0 bridgehead atoms. The van der Waals surface area contributed by atoms with E-state index in [1.807, 2.05) is 32.9 Å². The molecule has 2 rings (SSSR count). The van der Waals surface area contributed by atoms with E-state index in [-0.39, 0.29) is 12.1 Å². The summed E-state index contributed by atoms with van der Waals surface area (Å²) in [6, 6.07) is 7.41. The van der Waals surface area contributed by atoms with Gasteiger partial charge in [0.1, 0.15) is 5.60 Å². The number of likely N-dealkylation sites (tertiary alicyclic amines) is 1. The van der Waals surface area contributed by atoms with Crippen LogP contribution >= 0.6 is 11.6 Å². The van der Waals surface area contributed by atoms with Crippen LogP contribution in [-0.2, 0) is 4.74 Å². The van der Waals surface area contributed by atoms with E-state index in [0.29, 0.717) is 11.6 Å². The Hall–Kier alpha value is -1.30. The monoisotopic (exact) mass is 354 g/mol. The van der Waals surface area contributed by atoms with E-state index >= 15 is 0 Å². The lowest BCUT2D eigenvalue weighted by molar-refractivity contribution is 0.0459. The number of halogens is 1. The van der Waals surface area contributed by atoms with Crippen LogP contribution in [0.5, 0.6) is 0 Å². The molecule has 1 aromatic carbocycles. The van der Waals surface area contributed by atoms with E-state index in [2.05, 4.69) is 10.2 Å². The van der Waals surface area contributed by atoms with E-state index < -0.39 is 11.7 Å². The Kier molecular flexibility index (Phi) is 6.49. The molecule has 0 aliphatic carbocycles. The molecule has 1 heterocycles. The van der Waals surface area contributed by atoms with E-state index in [4.69, 9.17) is 16.3 Å². The van der Waals surface area contributed by atoms with Crippen LogP contribution < -0.4 is 5.32 Å². The second-order valence-corrected chi connectivity index (χ2v) is 7.72. The van der Waals surface area contributed by atoms with Crippen molar-refractivity contribution < 1.29 is 14.6 Å². The van der Waals surface area contributed by atoms with Crippen LogP contribution in [0.3, 0.4) is 0 Å². The van der Waals surface area contributed by atoms with Gasteiger partial charge >= 0.3 is 6.09 Å². The number of rotatable bonds is 4. The van der Waals surface area contributed by atoms with Crippen LogP contribution in [0.25, 0.3) is 0 Å². The fourth-order valence-electron chi connectivity index (χ4n) is 2.77. The highest BCUT2D eigenvalue weighted by molar-refractivity contribution is 6.30. The lowest BCUT2D eigenvalue weighted by atomic mass is 10.0. The summed E-state index contributed by atoms with van der Waals surface area (Å²) in [5, 5.41) is 13.9. The van der Waals surface area contributed by atoms with Crippen molar-refractivity contribution >= 4 is 17.7 Å². The maximum absolute atomic E-state index is 11.8. The normalized spacial score (nSPS) is 18.2. The number of amides is 1. The largest absolute Gasteiger partial charge is 0.444 e. The molecule has 6 heteroatoms. The van der Waals surface area contributed by atoms with Crippen molar-refractivity contribution in [1.29, 1.82) is 0 Å². The summed E-state index contributed by atoms with van der Waals surface area (Å²) in [5.74, 6) is 0. The lowest BCUT2D eigenvalue weighted by Gasteiger charge is -2.33. The maximum Gasteiger partial charge on any atom is 0.407 e. The Labute approximate surface area is 148 Å². The third-order valence-electron chi connectivity index (χ3n) is 3.99. The summed E-state index contributed by atoms with van der Waals surface area (Å²) in [7, 11) is 0. The number of alkyl carbamates (subject to hydrolysis) is 1. The first kappa shape index (κ1) is 19.0. The predicted molar refractivity (Wildman–Crippen MR) is 95.2 cm³/mol. The number of aliphatic hydroxyl groups is 1. The van der Waals surface area contributed by atoms with Crippen molar-refractivity contribution in [2.75, 3.05) is 19.6 Å². The molecule has 1 saturated heterocycles. The van der Waals surface area contributed by atoms with Crippen LogP contribution in [-0.4, -0.2) is 47.4 Å². The minimum atomic E-state index is -0.530. The molecular formula is C18H27ClN2O3. The van der Waals surface area contributed by atoms with E-state index in [1.165, 1.54) is 0 Å². The van der Waals surface area contributed by atoms with Crippen molar-refractivity contribution in [1.82, 2.24) is 10.2 Å². The summed E-state index contributed by atoms with van der Waals surface area (Å²) in [5.41, 5.74) is 0.390. The Balaban J connectivity index is 1.74. The molecular weight excluding hydrogens is 328 g/mol. The fourth-order valence-corrected chi connectivity index (χ4v) is 2.89. The zero-order valence-electron chi connectivity index (χ0n) is 14.6. The zero-order valence-corrected chi connectivity index (χ0v) is 15.3. The van der Waals surface area contributed by atoms with Crippen LogP contribution in [0.15, 0.2) is 24.3 Å². The molecule has 2 N–H and O–H groups in total. The molecule has 0 radical (unpaired) electrons. The van der Waals surface area contributed by atoms with Gasteiger partial charge in [-0.05, 0) is 51.3 Å². The van der Waals surface area contributed by atoms with Crippen molar-refractivity contribution in [3.05, 3.63) is 34.9 Å². The minimum Gasteiger partial charge on any atom is -0.444 e. The third kappa shape index (κ3) is 6.30. The smallest absolute Gasteiger partial charge is 0.407 e. The fraction of sp³-hybridized carbons (Fsp3) is 0.611. The molecule has 1 fully saturated rings. The SMILES string of the molecule is CC(C)(C)OC(=O)NC1CCN(C[C@@H](O)c2ccc(Cl)cc2)CC1. The highest BCUT2D eigenvalue weighted by Gasteiger charge is 2.24. The zero-order chi connectivity index (χ0) is 17.7.